The summed E-state index contributed by atoms with van der Waals surface area (Å²) in [5, 5.41) is 11.6. The number of nitrogens with one attached hydrogen (secondary N) is 1. The number of hydrogen-bond acceptors (Lipinski definition) is 3. The molecule has 0 saturated heterocycles. The van der Waals surface area contributed by atoms with Crippen molar-refractivity contribution in [2.75, 3.05) is 31.6 Å². The molecule has 0 aliphatic rings. The second kappa shape index (κ2) is 8.99. The van der Waals surface area contributed by atoms with Gasteiger partial charge in [0.25, 0.3) is 6.43 Å². The van der Waals surface area contributed by atoms with Crippen LogP contribution < -0.4 is 10.1 Å². The van der Waals surface area contributed by atoms with E-state index < -0.39 is 19.1 Å². The number of carbonyl (C=O) groups is 1. The summed E-state index contributed by atoms with van der Waals surface area (Å²) in [6.45, 7) is 4.85. The van der Waals surface area contributed by atoms with Gasteiger partial charge in [0.2, 0.25) is 0 Å². The van der Waals surface area contributed by atoms with Gasteiger partial charge in [0, 0.05) is 24.8 Å². The van der Waals surface area contributed by atoms with Gasteiger partial charge in [0.05, 0.1) is 6.61 Å². The molecule has 0 bridgehead atoms. The fraction of sp³-hybridized carbons (Fsp3) is 0.400. The van der Waals surface area contributed by atoms with E-state index in [4.69, 9.17) is 9.84 Å². The van der Waals surface area contributed by atoms with Gasteiger partial charge in [-0.05, 0) is 18.6 Å². The number of carbonyl (C=O) groups excluding carboxylic acids is 1. The maximum atomic E-state index is 12.2. The van der Waals surface area contributed by atoms with Crippen LogP contribution in [0.25, 0.3) is 0 Å². The number of alkyl halides is 2. The Morgan fingerprint density at radius 1 is 1.55 bits per heavy atom. The minimum absolute atomic E-state index is 0.165. The predicted octanol–water partition coefficient (Wildman–Crippen LogP) is 2.65. The van der Waals surface area contributed by atoms with Crippen molar-refractivity contribution in [3.05, 3.63) is 36.4 Å². The summed E-state index contributed by atoms with van der Waals surface area (Å²) in [6, 6.07) is 4.38. The monoisotopic (exact) mass is 314 g/mol. The van der Waals surface area contributed by atoms with Crippen molar-refractivity contribution in [1.82, 2.24) is 4.90 Å². The van der Waals surface area contributed by atoms with E-state index in [1.54, 1.807) is 25.1 Å². The number of aliphatic hydroxyl groups is 1. The molecule has 7 heteroatoms. The zero-order valence-electron chi connectivity index (χ0n) is 12.4. The van der Waals surface area contributed by atoms with Crippen molar-refractivity contribution < 1.29 is 23.4 Å². The zero-order chi connectivity index (χ0) is 16.5. The Labute approximate surface area is 128 Å². The van der Waals surface area contributed by atoms with Crippen molar-refractivity contribution in [3.8, 4) is 5.75 Å². The summed E-state index contributed by atoms with van der Waals surface area (Å²) < 4.78 is 29.4. The standard InChI is InChI=1S/C15H20F2N2O3/c1-3-6-19(7-8-20)15(21)18-12-5-4-11(2)13(9-12)22-10-14(16)17/h3-5,9,14,20H,1,6-8,10H2,2H3,(H,18,21). The molecule has 2 N–H and O–H groups in total. The Morgan fingerprint density at radius 2 is 2.27 bits per heavy atom. The highest BCUT2D eigenvalue weighted by molar-refractivity contribution is 5.89. The first-order valence-electron chi connectivity index (χ1n) is 6.77. The maximum Gasteiger partial charge on any atom is 0.322 e. The molecule has 0 aromatic heterocycles. The zero-order valence-corrected chi connectivity index (χ0v) is 12.4. The molecule has 0 fully saturated rings. The minimum Gasteiger partial charge on any atom is -0.487 e. The molecule has 0 heterocycles. The lowest BCUT2D eigenvalue weighted by Crippen LogP contribution is -2.37. The van der Waals surface area contributed by atoms with E-state index >= 15 is 0 Å². The fourth-order valence-corrected chi connectivity index (χ4v) is 1.74. The second-order valence-electron chi connectivity index (χ2n) is 4.57. The Bertz CT molecular complexity index is 510. The number of urea groups is 1. The third-order valence-electron chi connectivity index (χ3n) is 2.81. The highest BCUT2D eigenvalue weighted by atomic mass is 19.3. The lowest BCUT2D eigenvalue weighted by atomic mass is 10.2. The van der Waals surface area contributed by atoms with E-state index in [1.807, 2.05) is 0 Å². The first kappa shape index (κ1) is 17.9. The van der Waals surface area contributed by atoms with Crippen LogP contribution in [0.1, 0.15) is 5.56 Å². The Hall–Kier alpha value is -2.15. The highest BCUT2D eigenvalue weighted by Crippen LogP contribution is 2.23. The Morgan fingerprint density at radius 3 is 2.86 bits per heavy atom. The molecule has 2 amide bonds. The van der Waals surface area contributed by atoms with Crippen molar-refractivity contribution >= 4 is 11.7 Å². The Balaban J connectivity index is 2.77. The van der Waals surface area contributed by atoms with Crippen LogP contribution in [0, 0.1) is 6.92 Å². The summed E-state index contributed by atoms with van der Waals surface area (Å²) >= 11 is 0. The first-order chi connectivity index (χ1) is 10.5. The fourth-order valence-electron chi connectivity index (χ4n) is 1.74. The molecule has 1 aromatic carbocycles. The van der Waals surface area contributed by atoms with Gasteiger partial charge in [-0.1, -0.05) is 12.1 Å². The van der Waals surface area contributed by atoms with Crippen molar-refractivity contribution in [2.24, 2.45) is 0 Å². The third-order valence-corrected chi connectivity index (χ3v) is 2.81. The lowest BCUT2D eigenvalue weighted by Gasteiger charge is -2.21. The van der Waals surface area contributed by atoms with E-state index in [1.165, 1.54) is 11.0 Å². The van der Waals surface area contributed by atoms with Crippen LogP contribution in [0.15, 0.2) is 30.9 Å². The lowest BCUT2D eigenvalue weighted by molar-refractivity contribution is 0.0816. The molecular formula is C15H20F2N2O3. The molecule has 0 aliphatic heterocycles. The number of amides is 2. The first-order valence-corrected chi connectivity index (χ1v) is 6.77. The summed E-state index contributed by atoms with van der Waals surface area (Å²) in [7, 11) is 0. The summed E-state index contributed by atoms with van der Waals surface area (Å²) in [5.41, 5.74) is 1.11. The van der Waals surface area contributed by atoms with Crippen molar-refractivity contribution in [3.63, 3.8) is 0 Å². The second-order valence-corrected chi connectivity index (χ2v) is 4.57. The summed E-state index contributed by atoms with van der Waals surface area (Å²) in [6.07, 6.45) is -1.02. The number of aryl methyl sites for hydroxylation is 1. The average Bonchev–Trinajstić information content (AvgIpc) is 2.47. The average molecular weight is 314 g/mol. The van der Waals surface area contributed by atoms with Crippen molar-refractivity contribution in [2.45, 2.75) is 13.3 Å². The molecule has 122 valence electrons. The molecular weight excluding hydrogens is 294 g/mol. The number of hydrogen-bond donors (Lipinski definition) is 2. The van der Waals surface area contributed by atoms with Gasteiger partial charge < -0.3 is 20.1 Å². The molecule has 1 rings (SSSR count). The van der Waals surface area contributed by atoms with Crippen LogP contribution in [0.2, 0.25) is 0 Å². The summed E-state index contributed by atoms with van der Waals surface area (Å²) in [5.74, 6) is 0.288. The number of rotatable bonds is 8. The van der Waals surface area contributed by atoms with Crippen LogP contribution in [0.5, 0.6) is 5.75 Å². The van der Waals surface area contributed by atoms with Crippen LogP contribution >= 0.6 is 0 Å². The van der Waals surface area contributed by atoms with Crippen LogP contribution in [0.3, 0.4) is 0 Å². The smallest absolute Gasteiger partial charge is 0.322 e. The topological polar surface area (TPSA) is 61.8 Å². The van der Waals surface area contributed by atoms with Gasteiger partial charge in [-0.25, -0.2) is 13.6 Å². The molecule has 22 heavy (non-hydrogen) atoms. The predicted molar refractivity (Wildman–Crippen MR) is 80.6 cm³/mol. The van der Waals surface area contributed by atoms with Crippen LogP contribution in [0.4, 0.5) is 19.3 Å². The highest BCUT2D eigenvalue weighted by Gasteiger charge is 2.13. The van der Waals surface area contributed by atoms with Gasteiger partial charge >= 0.3 is 6.03 Å². The molecule has 5 nitrogen and oxygen atoms in total. The normalized spacial score (nSPS) is 10.4. The SMILES string of the molecule is C=CCN(CCO)C(=O)Nc1ccc(C)c(OCC(F)F)c1. The minimum atomic E-state index is -2.56. The molecule has 0 unspecified atom stereocenters. The van der Waals surface area contributed by atoms with Gasteiger partial charge in [-0.2, -0.15) is 0 Å². The van der Waals surface area contributed by atoms with Crippen LogP contribution in [-0.2, 0) is 0 Å². The van der Waals surface area contributed by atoms with E-state index in [0.717, 1.165) is 0 Å². The number of halogens is 2. The van der Waals surface area contributed by atoms with E-state index in [9.17, 15) is 13.6 Å². The molecule has 0 aliphatic carbocycles. The van der Waals surface area contributed by atoms with E-state index in [0.29, 0.717) is 11.3 Å². The van der Waals surface area contributed by atoms with Crippen LogP contribution in [-0.4, -0.2) is 48.8 Å². The number of aliphatic hydroxyl groups excluding tert-OH is 1. The van der Waals surface area contributed by atoms with E-state index in [-0.39, 0.29) is 25.4 Å². The largest absolute Gasteiger partial charge is 0.487 e. The maximum absolute atomic E-state index is 12.2. The molecule has 0 atom stereocenters. The number of nitrogens with zero attached hydrogens (tertiary/aromatic N) is 1. The third kappa shape index (κ3) is 5.69. The number of ether oxygens (including phenoxy) is 1. The molecule has 0 saturated carbocycles. The Kier molecular flexibility index (Phi) is 7.31. The summed E-state index contributed by atoms with van der Waals surface area (Å²) in [4.78, 5) is 13.4. The van der Waals surface area contributed by atoms with Gasteiger partial charge in [-0.15, -0.1) is 6.58 Å². The molecule has 0 spiro atoms. The number of benzene rings is 1. The number of anilines is 1. The van der Waals surface area contributed by atoms with Gasteiger partial charge in [0.1, 0.15) is 12.4 Å². The molecule has 1 aromatic rings. The van der Waals surface area contributed by atoms with Gasteiger partial charge in [0.15, 0.2) is 0 Å². The van der Waals surface area contributed by atoms with Crippen molar-refractivity contribution in [1.29, 1.82) is 0 Å². The van der Waals surface area contributed by atoms with E-state index in [2.05, 4.69) is 11.9 Å². The molecule has 0 radical (unpaired) electrons. The van der Waals surface area contributed by atoms with Gasteiger partial charge in [-0.3, -0.25) is 0 Å². The quantitative estimate of drug-likeness (QED) is 0.725.